The molecule has 1 aromatic heterocycles. The number of carbonyl (C=O) groups excluding carboxylic acids is 1. The molecule has 0 atom stereocenters. The number of nitrogen functional groups attached to an aromatic ring is 1. The quantitative estimate of drug-likeness (QED) is 0.819. The Labute approximate surface area is 94.6 Å². The number of carbonyl (C=O) groups is 1. The van der Waals surface area contributed by atoms with Crippen LogP contribution in [0.3, 0.4) is 0 Å². The molecule has 5 heteroatoms. The number of aldehydes is 1. The molecule has 0 fully saturated rings. The summed E-state index contributed by atoms with van der Waals surface area (Å²) in [5, 5.41) is 6.54. The summed E-state index contributed by atoms with van der Waals surface area (Å²) in [7, 11) is 0. The van der Waals surface area contributed by atoms with Crippen molar-refractivity contribution in [2.75, 3.05) is 5.73 Å². The molecule has 3 N–H and O–H groups in total. The highest BCUT2D eigenvalue weighted by Gasteiger charge is 2.11. The van der Waals surface area contributed by atoms with Gasteiger partial charge in [0.05, 0.1) is 11.3 Å². The summed E-state index contributed by atoms with van der Waals surface area (Å²) in [5.41, 5.74) is 7.46. The molecular weight excluding hydrogens is 258 g/mol. The molecule has 76 valence electrons. The summed E-state index contributed by atoms with van der Waals surface area (Å²) < 4.78 is 0.978. The van der Waals surface area contributed by atoms with E-state index in [-0.39, 0.29) is 5.82 Å². The van der Waals surface area contributed by atoms with Crippen LogP contribution in [-0.2, 0) is 0 Å². The van der Waals surface area contributed by atoms with Gasteiger partial charge in [-0.3, -0.25) is 9.89 Å². The number of rotatable bonds is 2. The number of aromatic nitrogens is 2. The van der Waals surface area contributed by atoms with Crippen molar-refractivity contribution in [2.45, 2.75) is 0 Å². The van der Waals surface area contributed by atoms with Gasteiger partial charge in [-0.05, 0) is 12.1 Å². The largest absolute Gasteiger partial charge is 0.382 e. The van der Waals surface area contributed by atoms with Gasteiger partial charge in [-0.15, -0.1) is 0 Å². The first kappa shape index (κ1) is 9.92. The van der Waals surface area contributed by atoms with Gasteiger partial charge in [-0.2, -0.15) is 5.10 Å². The molecule has 4 nitrogen and oxygen atoms in total. The Morgan fingerprint density at radius 2 is 2.00 bits per heavy atom. The van der Waals surface area contributed by atoms with Crippen molar-refractivity contribution in [2.24, 2.45) is 0 Å². The van der Waals surface area contributed by atoms with Gasteiger partial charge < -0.3 is 5.73 Å². The zero-order valence-electron chi connectivity index (χ0n) is 7.70. The maximum atomic E-state index is 10.8. The molecule has 0 bridgehead atoms. The van der Waals surface area contributed by atoms with Crippen molar-refractivity contribution in [1.29, 1.82) is 0 Å². The van der Waals surface area contributed by atoms with Gasteiger partial charge in [0.2, 0.25) is 0 Å². The van der Waals surface area contributed by atoms with Gasteiger partial charge in [0.1, 0.15) is 0 Å². The van der Waals surface area contributed by atoms with Crippen molar-refractivity contribution >= 4 is 28.0 Å². The number of hydrogen-bond acceptors (Lipinski definition) is 3. The molecule has 0 saturated carbocycles. The predicted octanol–water partition coefficient (Wildman–Crippen LogP) is 2.23. The lowest BCUT2D eigenvalue weighted by atomic mass is 10.1. The Hall–Kier alpha value is -1.62. The third kappa shape index (κ3) is 1.78. The molecule has 15 heavy (non-hydrogen) atoms. The molecule has 0 spiro atoms. The SMILES string of the molecule is Nc1n[nH]c(-c2ccc(Br)cc2)c1C=O. The molecule has 0 aliphatic carbocycles. The highest BCUT2D eigenvalue weighted by atomic mass is 79.9. The topological polar surface area (TPSA) is 71.8 Å². The molecule has 0 aliphatic rings. The second-order valence-electron chi connectivity index (χ2n) is 3.02. The number of aromatic amines is 1. The molecule has 2 aromatic rings. The number of anilines is 1. The number of nitrogens with one attached hydrogen (secondary N) is 1. The standard InChI is InChI=1S/C10H8BrN3O/c11-7-3-1-6(2-4-7)9-8(5-15)10(12)14-13-9/h1-5H,(H3,12,13,14). The van der Waals surface area contributed by atoms with E-state index in [0.29, 0.717) is 17.5 Å². The number of hydrogen-bond donors (Lipinski definition) is 2. The lowest BCUT2D eigenvalue weighted by molar-refractivity contribution is 0.112. The number of halogens is 1. The van der Waals surface area contributed by atoms with Gasteiger partial charge in [0, 0.05) is 10.0 Å². The first-order valence-corrected chi connectivity index (χ1v) is 5.06. The lowest BCUT2D eigenvalue weighted by Gasteiger charge is -1.98. The van der Waals surface area contributed by atoms with Crippen molar-refractivity contribution in [3.8, 4) is 11.3 Å². The number of nitrogens with zero attached hydrogens (tertiary/aromatic N) is 1. The monoisotopic (exact) mass is 265 g/mol. The van der Waals surface area contributed by atoms with Crippen LogP contribution in [0.2, 0.25) is 0 Å². The number of benzene rings is 1. The third-order valence-electron chi connectivity index (χ3n) is 2.08. The summed E-state index contributed by atoms with van der Waals surface area (Å²) in [4.78, 5) is 10.8. The van der Waals surface area contributed by atoms with Gasteiger partial charge in [-0.1, -0.05) is 28.1 Å². The lowest BCUT2D eigenvalue weighted by Crippen LogP contribution is -1.90. The van der Waals surface area contributed by atoms with Crippen molar-refractivity contribution < 1.29 is 4.79 Å². The minimum atomic E-state index is 0.225. The van der Waals surface area contributed by atoms with Crippen LogP contribution in [0.4, 0.5) is 5.82 Å². The normalized spacial score (nSPS) is 10.2. The molecule has 0 unspecified atom stereocenters. The first-order valence-electron chi connectivity index (χ1n) is 4.27. The average molecular weight is 266 g/mol. The Kier molecular flexibility index (Phi) is 2.55. The Balaban J connectivity index is 2.53. The van der Waals surface area contributed by atoms with Crippen LogP contribution in [0.15, 0.2) is 28.7 Å². The van der Waals surface area contributed by atoms with E-state index in [0.717, 1.165) is 10.0 Å². The minimum Gasteiger partial charge on any atom is -0.382 e. The molecule has 0 saturated heterocycles. The molecular formula is C10H8BrN3O. The number of nitrogens with two attached hydrogens (primary N) is 1. The maximum Gasteiger partial charge on any atom is 0.156 e. The zero-order chi connectivity index (χ0) is 10.8. The first-order chi connectivity index (χ1) is 7.22. The summed E-state index contributed by atoms with van der Waals surface area (Å²) in [6.45, 7) is 0. The van der Waals surface area contributed by atoms with E-state index in [1.54, 1.807) is 0 Å². The maximum absolute atomic E-state index is 10.8. The fourth-order valence-corrected chi connectivity index (χ4v) is 1.58. The van der Waals surface area contributed by atoms with Gasteiger partial charge in [0.15, 0.2) is 12.1 Å². The van der Waals surface area contributed by atoms with Crippen LogP contribution in [0.25, 0.3) is 11.3 Å². The highest BCUT2D eigenvalue weighted by molar-refractivity contribution is 9.10. The Morgan fingerprint density at radius 3 is 2.60 bits per heavy atom. The van der Waals surface area contributed by atoms with Crippen LogP contribution < -0.4 is 5.73 Å². The Bertz CT molecular complexity index is 490. The zero-order valence-corrected chi connectivity index (χ0v) is 9.28. The second-order valence-corrected chi connectivity index (χ2v) is 3.94. The molecule has 0 amide bonds. The van der Waals surface area contributed by atoms with E-state index in [1.807, 2.05) is 24.3 Å². The second kappa shape index (κ2) is 3.86. The Morgan fingerprint density at radius 1 is 1.33 bits per heavy atom. The molecule has 1 heterocycles. The fourth-order valence-electron chi connectivity index (χ4n) is 1.32. The predicted molar refractivity (Wildman–Crippen MR) is 61.5 cm³/mol. The van der Waals surface area contributed by atoms with E-state index in [2.05, 4.69) is 26.1 Å². The number of H-pyrrole nitrogens is 1. The van der Waals surface area contributed by atoms with E-state index < -0.39 is 0 Å². The smallest absolute Gasteiger partial charge is 0.156 e. The van der Waals surface area contributed by atoms with Gasteiger partial charge >= 0.3 is 0 Å². The summed E-state index contributed by atoms with van der Waals surface area (Å²) in [6, 6.07) is 7.54. The van der Waals surface area contributed by atoms with Crippen LogP contribution in [-0.4, -0.2) is 16.5 Å². The van der Waals surface area contributed by atoms with Gasteiger partial charge in [0.25, 0.3) is 0 Å². The van der Waals surface area contributed by atoms with Crippen molar-refractivity contribution in [3.05, 3.63) is 34.3 Å². The van der Waals surface area contributed by atoms with E-state index in [9.17, 15) is 4.79 Å². The van der Waals surface area contributed by atoms with Crippen LogP contribution >= 0.6 is 15.9 Å². The summed E-state index contributed by atoms with van der Waals surface area (Å²) in [5.74, 6) is 0.225. The van der Waals surface area contributed by atoms with E-state index in [1.165, 1.54) is 0 Å². The molecule has 1 aromatic carbocycles. The molecule has 0 aliphatic heterocycles. The highest BCUT2D eigenvalue weighted by Crippen LogP contribution is 2.24. The molecule has 0 radical (unpaired) electrons. The molecule has 2 rings (SSSR count). The van der Waals surface area contributed by atoms with E-state index in [4.69, 9.17) is 5.73 Å². The van der Waals surface area contributed by atoms with Crippen LogP contribution in [0.1, 0.15) is 10.4 Å². The van der Waals surface area contributed by atoms with E-state index >= 15 is 0 Å². The third-order valence-corrected chi connectivity index (χ3v) is 2.61. The summed E-state index contributed by atoms with van der Waals surface area (Å²) >= 11 is 3.34. The van der Waals surface area contributed by atoms with Gasteiger partial charge in [-0.25, -0.2) is 0 Å². The average Bonchev–Trinajstić information content (AvgIpc) is 2.61. The van der Waals surface area contributed by atoms with Crippen molar-refractivity contribution in [3.63, 3.8) is 0 Å². The van der Waals surface area contributed by atoms with Crippen molar-refractivity contribution in [1.82, 2.24) is 10.2 Å². The minimum absolute atomic E-state index is 0.225. The fraction of sp³-hybridized carbons (Fsp3) is 0. The summed E-state index contributed by atoms with van der Waals surface area (Å²) in [6.07, 6.45) is 0.705. The van der Waals surface area contributed by atoms with Crippen LogP contribution in [0.5, 0.6) is 0 Å². The van der Waals surface area contributed by atoms with Crippen LogP contribution in [0, 0.1) is 0 Å².